The average molecular weight is 1420 g/mol. The predicted molar refractivity (Wildman–Crippen MR) is 321 cm³/mol. The summed E-state index contributed by atoms with van der Waals surface area (Å²) < 4.78 is 116. The van der Waals surface area contributed by atoms with Crippen LogP contribution in [0.5, 0.6) is 0 Å². The molecule has 16 N–H and O–H groups in total. The summed E-state index contributed by atoms with van der Waals surface area (Å²) in [5.74, 6) is -1.05. The molecule has 0 aromatic carbocycles. The standard InChI is InChI=1S/C63H104O33S/c1-22(2)16-27(66)19-63(9,80)36-11-10-30-29-18-33(32-17-28(96-97(81,82)83)12-14-61(32,7)31(29)13-15-62(30,36)8)88-58-49(79)52(39(69)25(5)86-58)93-59-53(94-55-44(74)41(71)37(67)23(3)84-55)47(77)50(26(6)87-59)91-60-54(95-56-45(75)42(72)38(68)24(4)85-56)48(78)51(35(21-65)90-60)92-57-46(76)43(73)40(70)34(20-64)89-57/h13,22-26,28-30,32-60,64-65,67-80H,10-12,14-21H2,1-9H3,(H,81,82,83)/p-1/t23-,24-,25-,26-,28+,29+,30+,32-,33+,34-,35-,36+,37-,38+,39-,40-,41+,42+,43+,44-,45-,46-,47+,48+,49-,50-,51-,52+,53-,54-,55+,56+,57+,58+,59+,60+,61-,62+,63+/m1/s1. The van der Waals surface area contributed by atoms with E-state index in [4.69, 9.17) is 61.0 Å². The Labute approximate surface area is 562 Å². The SMILES string of the molecule is CC(C)CC(=O)C[C@](C)(O)[C@H]1CC[C@H]2[C@@H]3C[C@H](O[C@@H]4O[C@H](C)[C@@H](O)[C@H](O[C@@H]5O[C@H](C)[C@@H](O[C@@H]6O[C@H](CO)[C@@H](O[C@@H]7O[C@H](CO)[C@@H](O)[C@H](O)[C@H]7O)[C@H](O)[C@H]6O[C@@H]6O[C@H](C)[C@H](O)[C@H](O)[C@H]6O)[C@H](O)[C@H]5O[C@@H]5O[C@H](C)[C@@H](O)[C@H](O)[C@H]5O)[C@H]4O)[C@H]4C[C@@H](OS(=O)(=O)[O-])CC[C@]4(C)C3=CC[C@@]21C. The minimum absolute atomic E-state index is 0.0177. The van der Waals surface area contributed by atoms with E-state index in [9.17, 15) is 99.5 Å². The number of aliphatic hydroxyl groups is 16. The van der Waals surface area contributed by atoms with Crippen LogP contribution >= 0.6 is 0 Å². The van der Waals surface area contributed by atoms with E-state index in [1.165, 1.54) is 27.7 Å². The Bertz CT molecular complexity index is 2790. The lowest BCUT2D eigenvalue weighted by Gasteiger charge is -2.60. The highest BCUT2D eigenvalue weighted by Gasteiger charge is 2.64. The van der Waals surface area contributed by atoms with Crippen LogP contribution < -0.4 is 0 Å². The molecule has 0 unspecified atom stereocenters. The summed E-state index contributed by atoms with van der Waals surface area (Å²) in [5.41, 5.74) is -1.44. The van der Waals surface area contributed by atoms with Gasteiger partial charge in [0.05, 0.1) is 55.4 Å². The summed E-state index contributed by atoms with van der Waals surface area (Å²) in [6.07, 6.45) is -51.2. The van der Waals surface area contributed by atoms with Crippen LogP contribution in [0.1, 0.15) is 120 Å². The van der Waals surface area contributed by atoms with Gasteiger partial charge in [0.15, 0.2) is 37.7 Å². The van der Waals surface area contributed by atoms with Crippen molar-refractivity contribution in [2.24, 2.45) is 40.4 Å². The zero-order valence-electron chi connectivity index (χ0n) is 55.7. The van der Waals surface area contributed by atoms with Crippen LogP contribution in [-0.4, -0.2) is 316 Å². The van der Waals surface area contributed by atoms with Gasteiger partial charge in [0.2, 0.25) is 10.4 Å². The molecule has 0 spiro atoms. The molecule has 0 aromatic heterocycles. The molecule has 0 bridgehead atoms. The molecule has 4 aliphatic carbocycles. The monoisotopic (exact) mass is 1420 g/mol. The molecule has 6 heterocycles. The first-order chi connectivity index (χ1) is 45.3. The van der Waals surface area contributed by atoms with E-state index in [0.717, 1.165) is 5.57 Å². The molecule has 0 aromatic rings. The third-order valence-corrected chi connectivity index (χ3v) is 23.2. The van der Waals surface area contributed by atoms with Crippen molar-refractivity contribution in [1.82, 2.24) is 0 Å². The van der Waals surface area contributed by atoms with Crippen LogP contribution in [0.3, 0.4) is 0 Å². The second kappa shape index (κ2) is 30.3. The normalized spacial score (nSPS) is 52.0. The first-order valence-corrected chi connectivity index (χ1v) is 35.2. The van der Waals surface area contributed by atoms with Gasteiger partial charge in [-0.25, -0.2) is 8.42 Å². The molecule has 0 amide bonds. The molecular weight excluding hydrogens is 1320 g/mol. The largest absolute Gasteiger partial charge is 0.726 e. The van der Waals surface area contributed by atoms with Crippen LogP contribution in [0.4, 0.5) is 0 Å². The number of hydrogen-bond acceptors (Lipinski definition) is 33. The summed E-state index contributed by atoms with van der Waals surface area (Å²) in [6, 6.07) is 0. The fourth-order valence-corrected chi connectivity index (χ4v) is 18.0. The number of hydrogen-bond donors (Lipinski definition) is 16. The van der Waals surface area contributed by atoms with E-state index in [0.29, 0.717) is 32.1 Å². The van der Waals surface area contributed by atoms with Crippen molar-refractivity contribution in [3.63, 3.8) is 0 Å². The van der Waals surface area contributed by atoms with Gasteiger partial charge in [0, 0.05) is 12.8 Å². The quantitative estimate of drug-likeness (QED) is 0.0291. The highest BCUT2D eigenvalue weighted by atomic mass is 32.3. The topological polar surface area (TPSA) is 518 Å². The van der Waals surface area contributed by atoms with Gasteiger partial charge in [-0.2, -0.15) is 0 Å². The van der Waals surface area contributed by atoms with E-state index >= 15 is 0 Å². The van der Waals surface area contributed by atoms with Crippen molar-refractivity contribution in [3.05, 3.63) is 11.6 Å². The number of aliphatic hydroxyl groups excluding tert-OH is 15. The molecule has 9 fully saturated rings. The molecule has 6 aliphatic heterocycles. The minimum atomic E-state index is -5.17. The molecule has 10 rings (SSSR count). The number of ether oxygens (including phenoxy) is 12. The van der Waals surface area contributed by atoms with Crippen molar-refractivity contribution in [3.8, 4) is 0 Å². The Kier molecular flexibility index (Phi) is 24.3. The lowest BCUT2D eigenvalue weighted by molar-refractivity contribution is -0.413. The van der Waals surface area contributed by atoms with Gasteiger partial charge in [-0.1, -0.05) is 39.3 Å². The number of carbonyl (C=O) groups is 1. The zero-order valence-corrected chi connectivity index (χ0v) is 56.5. The van der Waals surface area contributed by atoms with Crippen LogP contribution in [-0.2, 0) is 76.2 Å². The van der Waals surface area contributed by atoms with Crippen LogP contribution in [0.2, 0.25) is 0 Å². The maximum absolute atomic E-state index is 13.3. The van der Waals surface area contributed by atoms with Gasteiger partial charge in [0.25, 0.3) is 0 Å². The number of fused-ring (bicyclic) bond motifs is 5. The summed E-state index contributed by atoms with van der Waals surface area (Å²) in [6.45, 7) is 13.3. The van der Waals surface area contributed by atoms with E-state index < -0.39 is 242 Å². The summed E-state index contributed by atoms with van der Waals surface area (Å²) in [7, 11) is -5.17. The highest BCUT2D eigenvalue weighted by molar-refractivity contribution is 7.80. The maximum Gasteiger partial charge on any atom is 0.217 e. The Hall–Kier alpha value is -1.84. The van der Waals surface area contributed by atoms with Gasteiger partial charge in [-0.05, 0) is 120 Å². The molecule has 560 valence electrons. The molecule has 97 heavy (non-hydrogen) atoms. The third-order valence-electron chi connectivity index (χ3n) is 22.7. The van der Waals surface area contributed by atoms with Crippen molar-refractivity contribution >= 4 is 16.2 Å². The zero-order chi connectivity index (χ0) is 71.2. The number of Topliss-reactive ketones (excluding diaryl/α,β-unsaturated/α-hetero) is 1. The van der Waals surface area contributed by atoms with Gasteiger partial charge in [0.1, 0.15) is 128 Å². The molecule has 0 radical (unpaired) electrons. The van der Waals surface area contributed by atoms with Crippen LogP contribution in [0, 0.1) is 40.4 Å². The first kappa shape index (κ1) is 77.8. The van der Waals surface area contributed by atoms with E-state index in [-0.39, 0.29) is 55.1 Å². The molecule has 33 nitrogen and oxygen atoms in total. The van der Waals surface area contributed by atoms with Crippen molar-refractivity contribution < 1.29 is 160 Å². The third kappa shape index (κ3) is 15.5. The van der Waals surface area contributed by atoms with Gasteiger partial charge in [-0.3, -0.25) is 8.98 Å². The lowest BCUT2D eigenvalue weighted by atomic mass is 9.47. The Morgan fingerprint density at radius 1 is 0.557 bits per heavy atom. The van der Waals surface area contributed by atoms with Crippen LogP contribution in [0.25, 0.3) is 0 Å². The maximum atomic E-state index is 13.3. The Morgan fingerprint density at radius 3 is 1.59 bits per heavy atom. The smallest absolute Gasteiger partial charge is 0.217 e. The Balaban J connectivity index is 0.938. The molecule has 6 saturated heterocycles. The van der Waals surface area contributed by atoms with Crippen LogP contribution in [0.15, 0.2) is 11.6 Å². The van der Waals surface area contributed by atoms with Crippen molar-refractivity contribution in [2.45, 2.75) is 322 Å². The molecule has 10 aliphatic rings. The number of carbonyl (C=O) groups excluding carboxylic acids is 1. The average Bonchev–Trinajstić information content (AvgIpc) is 1.67. The minimum Gasteiger partial charge on any atom is -0.726 e. The van der Waals surface area contributed by atoms with E-state index in [1.807, 2.05) is 20.8 Å². The Morgan fingerprint density at radius 2 is 1.03 bits per heavy atom. The van der Waals surface area contributed by atoms with E-state index in [2.05, 4.69) is 13.0 Å². The molecule has 3 saturated carbocycles. The van der Waals surface area contributed by atoms with Gasteiger partial charge < -0.3 is 143 Å². The second-order valence-corrected chi connectivity index (χ2v) is 30.9. The molecule has 39 atom stereocenters. The van der Waals surface area contributed by atoms with Gasteiger partial charge in [-0.15, -0.1) is 0 Å². The number of ketones is 1. The fraction of sp³-hybridized carbons (Fsp3) is 0.952. The van der Waals surface area contributed by atoms with Crippen molar-refractivity contribution in [1.29, 1.82) is 0 Å². The van der Waals surface area contributed by atoms with E-state index in [1.54, 1.807) is 6.92 Å². The fourth-order valence-electron chi connectivity index (χ4n) is 17.5. The second-order valence-electron chi connectivity index (χ2n) is 29.9. The first-order valence-electron chi connectivity index (χ1n) is 33.8. The number of allylic oxidation sites excluding steroid dienone is 2. The van der Waals surface area contributed by atoms with Gasteiger partial charge >= 0.3 is 0 Å². The highest BCUT2D eigenvalue weighted by Crippen LogP contribution is 2.67. The molecule has 34 heteroatoms. The molecular formula is C63H103O33S-. The summed E-state index contributed by atoms with van der Waals surface area (Å²) in [5, 5.41) is 180. The summed E-state index contributed by atoms with van der Waals surface area (Å²) in [4.78, 5) is 13.3. The predicted octanol–water partition coefficient (Wildman–Crippen LogP) is -4.81. The summed E-state index contributed by atoms with van der Waals surface area (Å²) >= 11 is 0. The number of rotatable bonds is 21. The van der Waals surface area contributed by atoms with Crippen molar-refractivity contribution in [2.75, 3.05) is 13.2 Å². The lowest BCUT2D eigenvalue weighted by Crippen LogP contribution is -2.69.